The molecule has 1 saturated heterocycles. The van der Waals surface area contributed by atoms with Crippen LogP contribution in [0.3, 0.4) is 0 Å². The molecule has 0 atom stereocenters. The van der Waals surface area contributed by atoms with Gasteiger partial charge in [0.05, 0.1) is 22.5 Å². The van der Waals surface area contributed by atoms with Gasteiger partial charge in [0.25, 0.3) is 5.56 Å². The molecule has 1 aliphatic rings. The van der Waals surface area contributed by atoms with E-state index in [1.165, 1.54) is 17.9 Å². The molecule has 1 aromatic carbocycles. The molecule has 0 bridgehead atoms. The summed E-state index contributed by atoms with van der Waals surface area (Å²) in [6, 6.07) is 6.91. The fourth-order valence-corrected chi connectivity index (χ4v) is 4.98. The Morgan fingerprint density at radius 2 is 1.89 bits per heavy atom. The van der Waals surface area contributed by atoms with Crippen LogP contribution in [0.4, 0.5) is 0 Å². The first-order valence-electron chi connectivity index (χ1n) is 8.96. The van der Waals surface area contributed by atoms with Crippen LogP contribution in [-0.4, -0.2) is 65.8 Å². The number of amides is 2. The number of aromatic nitrogens is 2. The van der Waals surface area contributed by atoms with Gasteiger partial charge in [-0.2, -0.15) is 0 Å². The van der Waals surface area contributed by atoms with Gasteiger partial charge in [-0.3, -0.25) is 19.0 Å². The zero-order chi connectivity index (χ0) is 20.3. The van der Waals surface area contributed by atoms with Gasteiger partial charge < -0.3 is 10.2 Å². The minimum atomic E-state index is -3.55. The lowest BCUT2D eigenvalue weighted by molar-refractivity contribution is -0.132. The van der Waals surface area contributed by atoms with Gasteiger partial charge in [-0.1, -0.05) is 12.1 Å². The van der Waals surface area contributed by atoms with E-state index in [1.54, 1.807) is 29.2 Å². The summed E-state index contributed by atoms with van der Waals surface area (Å²) in [6.07, 6.45) is 1.90. The third kappa shape index (κ3) is 4.22. The molecule has 0 radical (unpaired) electrons. The molecule has 3 rings (SSSR count). The number of piperidine rings is 1. The smallest absolute Gasteiger partial charge is 0.261 e. The van der Waals surface area contributed by atoms with Crippen molar-refractivity contribution >= 4 is 32.6 Å². The summed E-state index contributed by atoms with van der Waals surface area (Å²) in [4.78, 5) is 42.2. The van der Waals surface area contributed by atoms with E-state index in [2.05, 4.69) is 10.3 Å². The van der Waals surface area contributed by atoms with Crippen LogP contribution in [0.25, 0.3) is 10.9 Å². The minimum Gasteiger partial charge on any atom is -0.358 e. The summed E-state index contributed by atoms with van der Waals surface area (Å²) in [5.74, 6) is -1.34. The quantitative estimate of drug-likeness (QED) is 0.718. The third-order valence-corrected chi connectivity index (χ3v) is 7.10. The van der Waals surface area contributed by atoms with Crippen LogP contribution in [0, 0.1) is 0 Å². The van der Waals surface area contributed by atoms with E-state index in [-0.39, 0.29) is 43.9 Å². The van der Waals surface area contributed by atoms with E-state index in [1.807, 2.05) is 0 Å². The second-order valence-electron chi connectivity index (χ2n) is 6.76. The first-order valence-corrected chi connectivity index (χ1v) is 10.7. The number of hydrogen-bond acceptors (Lipinski definition) is 6. The molecule has 9 nitrogen and oxygen atoms in total. The maximum absolute atomic E-state index is 12.6. The van der Waals surface area contributed by atoms with Crippen molar-refractivity contribution in [3.63, 3.8) is 0 Å². The Balaban J connectivity index is 1.64. The number of likely N-dealkylation sites (tertiary alicyclic amines) is 1. The molecule has 1 aromatic heterocycles. The summed E-state index contributed by atoms with van der Waals surface area (Å²) in [6.45, 7) is 0.394. The van der Waals surface area contributed by atoms with Crippen molar-refractivity contribution in [3.05, 3.63) is 40.9 Å². The van der Waals surface area contributed by atoms with E-state index in [4.69, 9.17) is 0 Å². The highest BCUT2D eigenvalue weighted by molar-refractivity contribution is 7.92. The number of nitrogens with one attached hydrogen (secondary N) is 1. The van der Waals surface area contributed by atoms with Crippen molar-refractivity contribution in [2.24, 2.45) is 0 Å². The number of nitrogens with zero attached hydrogens (tertiary/aromatic N) is 3. The Labute approximate surface area is 162 Å². The molecule has 2 heterocycles. The second kappa shape index (κ2) is 8.09. The van der Waals surface area contributed by atoms with E-state index in [0.29, 0.717) is 10.9 Å². The molecule has 1 N–H and O–H groups in total. The van der Waals surface area contributed by atoms with Gasteiger partial charge in [0.15, 0.2) is 9.84 Å². The van der Waals surface area contributed by atoms with Crippen molar-refractivity contribution in [3.8, 4) is 0 Å². The third-order valence-electron chi connectivity index (χ3n) is 4.95. The Kier molecular flexibility index (Phi) is 5.78. The lowest BCUT2D eigenvalue weighted by atomic mass is 10.1. The fourth-order valence-electron chi connectivity index (χ4n) is 3.30. The predicted octanol–water partition coefficient (Wildman–Crippen LogP) is -0.452. The highest BCUT2D eigenvalue weighted by atomic mass is 32.2. The number of benzene rings is 1. The molecule has 0 aliphatic carbocycles. The Hall–Kier alpha value is -2.75. The summed E-state index contributed by atoms with van der Waals surface area (Å²) >= 11 is 0. The number of hydrogen-bond donors (Lipinski definition) is 1. The number of carbonyl (C=O) groups is 2. The van der Waals surface area contributed by atoms with Gasteiger partial charge in [0.1, 0.15) is 12.3 Å². The average molecular weight is 406 g/mol. The second-order valence-corrected chi connectivity index (χ2v) is 9.04. The van der Waals surface area contributed by atoms with Gasteiger partial charge in [-0.15, -0.1) is 0 Å². The van der Waals surface area contributed by atoms with Crippen LogP contribution in [0.15, 0.2) is 35.4 Å². The molecule has 0 unspecified atom stereocenters. The summed E-state index contributed by atoms with van der Waals surface area (Å²) in [7, 11) is -2.16. The SMILES string of the molecule is CNC(=O)CS(=O)(=O)C1CCN(C(=O)Cn2cnc3ccccc3c2=O)CC1. The Bertz CT molecular complexity index is 1060. The predicted molar refractivity (Wildman–Crippen MR) is 103 cm³/mol. The lowest BCUT2D eigenvalue weighted by Gasteiger charge is -2.31. The lowest BCUT2D eigenvalue weighted by Crippen LogP contribution is -2.45. The van der Waals surface area contributed by atoms with Crippen LogP contribution in [0.5, 0.6) is 0 Å². The highest BCUT2D eigenvalue weighted by Gasteiger charge is 2.32. The van der Waals surface area contributed by atoms with Gasteiger partial charge >= 0.3 is 0 Å². The van der Waals surface area contributed by atoms with Crippen LogP contribution >= 0.6 is 0 Å². The van der Waals surface area contributed by atoms with Crippen LogP contribution < -0.4 is 10.9 Å². The van der Waals surface area contributed by atoms with Gasteiger partial charge in [-0.25, -0.2) is 13.4 Å². The minimum absolute atomic E-state index is 0.147. The summed E-state index contributed by atoms with van der Waals surface area (Å²) < 4.78 is 25.8. The van der Waals surface area contributed by atoms with Crippen molar-refractivity contribution in [1.82, 2.24) is 19.8 Å². The fraction of sp³-hybridized carbons (Fsp3) is 0.444. The first-order chi connectivity index (χ1) is 13.3. The van der Waals surface area contributed by atoms with Crippen LogP contribution in [0.1, 0.15) is 12.8 Å². The Morgan fingerprint density at radius 1 is 1.21 bits per heavy atom. The van der Waals surface area contributed by atoms with E-state index < -0.39 is 26.7 Å². The number of para-hydroxylation sites is 1. The number of carbonyl (C=O) groups excluding carboxylic acids is 2. The van der Waals surface area contributed by atoms with Crippen LogP contribution in [-0.2, 0) is 26.0 Å². The monoisotopic (exact) mass is 406 g/mol. The van der Waals surface area contributed by atoms with Crippen molar-refractivity contribution in [1.29, 1.82) is 0 Å². The van der Waals surface area contributed by atoms with Gasteiger partial charge in [-0.05, 0) is 25.0 Å². The van der Waals surface area contributed by atoms with Gasteiger partial charge in [0, 0.05) is 20.1 Å². The summed E-state index contributed by atoms with van der Waals surface area (Å²) in [5, 5.41) is 2.11. The van der Waals surface area contributed by atoms with E-state index in [0.717, 1.165) is 0 Å². The van der Waals surface area contributed by atoms with Crippen LogP contribution in [0.2, 0.25) is 0 Å². The summed E-state index contributed by atoms with van der Waals surface area (Å²) in [5.41, 5.74) is 0.278. The standard InChI is InChI=1S/C18H22N4O5S/c1-19-16(23)11-28(26,27)13-6-8-21(9-7-13)17(24)10-22-12-20-15-5-3-2-4-14(15)18(22)25/h2-5,12-13H,6-11H2,1H3,(H,19,23). The van der Waals surface area contributed by atoms with Crippen molar-refractivity contribution in [2.75, 3.05) is 25.9 Å². The molecule has 10 heteroatoms. The first kappa shape index (κ1) is 20.0. The number of sulfone groups is 1. The Morgan fingerprint density at radius 3 is 2.57 bits per heavy atom. The maximum atomic E-state index is 12.6. The average Bonchev–Trinajstić information content (AvgIpc) is 2.70. The molecule has 2 amide bonds. The highest BCUT2D eigenvalue weighted by Crippen LogP contribution is 2.19. The van der Waals surface area contributed by atoms with Gasteiger partial charge in [0.2, 0.25) is 11.8 Å². The largest absolute Gasteiger partial charge is 0.358 e. The molecule has 0 saturated carbocycles. The van der Waals surface area contributed by atoms with Crippen molar-refractivity contribution in [2.45, 2.75) is 24.6 Å². The molecule has 150 valence electrons. The normalized spacial score (nSPS) is 15.5. The molecular formula is C18H22N4O5S. The van der Waals surface area contributed by atoms with E-state index in [9.17, 15) is 22.8 Å². The molecule has 28 heavy (non-hydrogen) atoms. The van der Waals surface area contributed by atoms with E-state index >= 15 is 0 Å². The van der Waals surface area contributed by atoms with Crippen molar-refractivity contribution < 1.29 is 18.0 Å². The molecule has 1 fully saturated rings. The molecule has 2 aromatic rings. The molecule has 0 spiro atoms. The topological polar surface area (TPSA) is 118 Å². The maximum Gasteiger partial charge on any atom is 0.261 e. The molecular weight excluding hydrogens is 384 g/mol. The zero-order valence-corrected chi connectivity index (χ0v) is 16.3. The zero-order valence-electron chi connectivity index (χ0n) is 15.5. The number of rotatable bonds is 5. The number of fused-ring (bicyclic) bond motifs is 1. The molecule has 1 aliphatic heterocycles.